The Labute approximate surface area is 187 Å². The Balaban J connectivity index is 1.75. The molecule has 2 N–H and O–H groups in total. The second-order valence-corrected chi connectivity index (χ2v) is 7.25. The number of hydrogen-bond donors (Lipinski definition) is 1. The van der Waals surface area contributed by atoms with Crippen LogP contribution in [0.4, 0.5) is 5.82 Å². The number of ketones is 1. The van der Waals surface area contributed by atoms with Crippen LogP contribution in [0, 0.1) is 0 Å². The molecule has 9 nitrogen and oxygen atoms in total. The number of Topliss-reactive ketones (excluding diaryl/α,β-unsaturated/α-hetero) is 1. The van der Waals surface area contributed by atoms with Gasteiger partial charge in [-0.2, -0.15) is 0 Å². The summed E-state index contributed by atoms with van der Waals surface area (Å²) in [4.78, 5) is 49.3. The lowest BCUT2D eigenvalue weighted by Crippen LogP contribution is -2.42. The van der Waals surface area contributed by atoms with Crippen molar-refractivity contribution in [3.63, 3.8) is 0 Å². The van der Waals surface area contributed by atoms with Crippen LogP contribution in [-0.2, 0) is 25.4 Å². The van der Waals surface area contributed by atoms with Gasteiger partial charge in [0, 0.05) is 24.7 Å². The normalized spacial score (nSPS) is 10.6. The Morgan fingerprint density at radius 1 is 1.00 bits per heavy atom. The van der Waals surface area contributed by atoms with Gasteiger partial charge in [0.2, 0.25) is 5.78 Å². The second kappa shape index (κ2) is 9.52. The molecule has 0 amide bonds. The van der Waals surface area contributed by atoms with Crippen molar-refractivity contribution in [1.82, 2.24) is 9.13 Å². The minimum atomic E-state index is -0.866. The average molecular weight is 458 g/mol. The van der Waals surface area contributed by atoms with E-state index in [0.29, 0.717) is 5.02 Å². The monoisotopic (exact) mass is 457 g/mol. The number of esters is 1. The lowest BCUT2D eigenvalue weighted by molar-refractivity contribution is 0.0469. The third kappa shape index (κ3) is 4.57. The number of nitrogens with two attached hydrogens (primary N) is 1. The predicted molar refractivity (Wildman–Crippen MR) is 118 cm³/mol. The Kier molecular flexibility index (Phi) is 6.79. The first kappa shape index (κ1) is 22.8. The molecule has 0 aliphatic heterocycles. The summed E-state index contributed by atoms with van der Waals surface area (Å²) in [6.07, 6.45) is 0. The molecule has 0 radical (unpaired) electrons. The van der Waals surface area contributed by atoms with Gasteiger partial charge in [-0.1, -0.05) is 41.9 Å². The summed E-state index contributed by atoms with van der Waals surface area (Å²) in [6, 6.07) is 13.5. The van der Waals surface area contributed by atoms with Crippen molar-refractivity contribution in [3.05, 3.63) is 91.1 Å². The van der Waals surface area contributed by atoms with Gasteiger partial charge < -0.3 is 15.2 Å². The highest BCUT2D eigenvalue weighted by Gasteiger charge is 2.22. The van der Waals surface area contributed by atoms with Crippen molar-refractivity contribution in [3.8, 4) is 5.75 Å². The number of anilines is 1. The first-order valence-corrected chi connectivity index (χ1v) is 9.81. The molecule has 1 aromatic heterocycles. The Hall–Kier alpha value is -3.85. The van der Waals surface area contributed by atoms with Crippen LogP contribution in [0.1, 0.15) is 26.3 Å². The van der Waals surface area contributed by atoms with Gasteiger partial charge in [0.25, 0.3) is 5.56 Å². The number of para-hydroxylation sites is 1. The second-order valence-electron chi connectivity index (χ2n) is 6.84. The number of aromatic nitrogens is 2. The maximum absolute atomic E-state index is 12.6. The fourth-order valence-corrected chi connectivity index (χ4v) is 3.13. The number of nitrogens with zero attached hydrogens (tertiary/aromatic N) is 2. The molecule has 0 aliphatic carbocycles. The van der Waals surface area contributed by atoms with Crippen LogP contribution in [-0.4, -0.2) is 27.5 Å². The third-order valence-corrected chi connectivity index (χ3v) is 5.14. The van der Waals surface area contributed by atoms with Crippen molar-refractivity contribution in [2.24, 2.45) is 14.1 Å². The summed E-state index contributed by atoms with van der Waals surface area (Å²) in [6.45, 7) is -0.622. The van der Waals surface area contributed by atoms with Crippen LogP contribution in [0.25, 0.3) is 0 Å². The highest BCUT2D eigenvalue weighted by atomic mass is 35.5. The summed E-state index contributed by atoms with van der Waals surface area (Å²) >= 11 is 6.13. The molecule has 0 atom stereocenters. The number of halogens is 1. The van der Waals surface area contributed by atoms with Crippen molar-refractivity contribution in [2.45, 2.75) is 6.61 Å². The highest BCUT2D eigenvalue weighted by molar-refractivity contribution is 6.31. The lowest BCUT2D eigenvalue weighted by atomic mass is 10.2. The molecule has 3 aromatic rings. The van der Waals surface area contributed by atoms with Gasteiger partial charge in [-0.15, -0.1) is 0 Å². The standard InChI is InChI=1S/C22H20ClN3O6/c1-25-19(24)18(20(28)26(2)22(25)30)16(27)12-32-21(29)14-8-4-6-10-17(14)31-11-13-7-3-5-9-15(13)23/h3-10H,11-12,24H2,1-2H3. The predicted octanol–water partition coefficient (Wildman–Crippen LogP) is 1.94. The number of hydrogen-bond acceptors (Lipinski definition) is 7. The minimum absolute atomic E-state index is 0.0914. The van der Waals surface area contributed by atoms with Gasteiger partial charge >= 0.3 is 11.7 Å². The number of nitrogen functional groups attached to an aromatic ring is 1. The van der Waals surface area contributed by atoms with E-state index in [0.717, 1.165) is 14.7 Å². The summed E-state index contributed by atoms with van der Waals surface area (Å²) in [5, 5.41) is 0.523. The van der Waals surface area contributed by atoms with Crippen LogP contribution in [0.3, 0.4) is 0 Å². The molecule has 0 bridgehead atoms. The maximum atomic E-state index is 12.6. The zero-order chi connectivity index (χ0) is 23.4. The molecule has 0 saturated heterocycles. The summed E-state index contributed by atoms with van der Waals surface area (Å²) in [5.41, 5.74) is 4.62. The highest BCUT2D eigenvalue weighted by Crippen LogP contribution is 2.22. The molecule has 3 rings (SSSR count). The summed E-state index contributed by atoms with van der Waals surface area (Å²) in [5.74, 6) is -1.72. The van der Waals surface area contributed by atoms with Gasteiger partial charge in [0.05, 0.1) is 0 Å². The number of ether oxygens (including phenoxy) is 2. The van der Waals surface area contributed by atoms with E-state index in [-0.39, 0.29) is 23.7 Å². The summed E-state index contributed by atoms with van der Waals surface area (Å²) in [7, 11) is 2.55. The fourth-order valence-electron chi connectivity index (χ4n) is 2.94. The molecule has 166 valence electrons. The molecular weight excluding hydrogens is 438 g/mol. The maximum Gasteiger partial charge on any atom is 0.342 e. The molecule has 10 heteroatoms. The number of carbonyl (C=O) groups is 2. The molecular formula is C22H20ClN3O6. The molecule has 32 heavy (non-hydrogen) atoms. The topological polar surface area (TPSA) is 123 Å². The number of carbonyl (C=O) groups excluding carboxylic acids is 2. The molecule has 0 spiro atoms. The molecule has 0 saturated carbocycles. The minimum Gasteiger partial charge on any atom is -0.488 e. The molecule has 1 heterocycles. The molecule has 0 fully saturated rings. The van der Waals surface area contributed by atoms with Gasteiger partial charge in [-0.25, -0.2) is 9.59 Å². The van der Waals surface area contributed by atoms with E-state index in [1.165, 1.54) is 20.2 Å². The number of benzene rings is 2. The van der Waals surface area contributed by atoms with E-state index in [1.54, 1.807) is 36.4 Å². The quantitative estimate of drug-likeness (QED) is 0.425. The largest absolute Gasteiger partial charge is 0.488 e. The van der Waals surface area contributed by atoms with Gasteiger partial charge in [0.15, 0.2) is 6.61 Å². The van der Waals surface area contributed by atoms with Crippen LogP contribution in [0.15, 0.2) is 58.1 Å². The first-order valence-electron chi connectivity index (χ1n) is 9.43. The van der Waals surface area contributed by atoms with Gasteiger partial charge in [-0.3, -0.25) is 18.7 Å². The van der Waals surface area contributed by atoms with Gasteiger partial charge in [0.1, 0.15) is 29.3 Å². The van der Waals surface area contributed by atoms with Crippen molar-refractivity contribution >= 4 is 29.2 Å². The fraction of sp³-hybridized carbons (Fsp3) is 0.182. The zero-order valence-electron chi connectivity index (χ0n) is 17.3. The van der Waals surface area contributed by atoms with E-state index >= 15 is 0 Å². The molecule has 0 aliphatic rings. The van der Waals surface area contributed by atoms with Crippen molar-refractivity contribution < 1.29 is 19.1 Å². The van der Waals surface area contributed by atoms with Crippen LogP contribution in [0.5, 0.6) is 5.75 Å². The smallest absolute Gasteiger partial charge is 0.342 e. The van der Waals surface area contributed by atoms with E-state index in [2.05, 4.69) is 0 Å². The van der Waals surface area contributed by atoms with Crippen LogP contribution in [0.2, 0.25) is 5.02 Å². The first-order chi connectivity index (χ1) is 15.2. The number of rotatable bonds is 7. The van der Waals surface area contributed by atoms with E-state index in [4.69, 9.17) is 26.8 Å². The van der Waals surface area contributed by atoms with E-state index in [9.17, 15) is 19.2 Å². The molecule has 2 aromatic carbocycles. The van der Waals surface area contributed by atoms with Crippen molar-refractivity contribution in [2.75, 3.05) is 12.3 Å². The van der Waals surface area contributed by atoms with Gasteiger partial charge in [-0.05, 0) is 18.2 Å². The van der Waals surface area contributed by atoms with E-state index in [1.807, 2.05) is 6.07 Å². The Bertz CT molecular complexity index is 1310. The summed E-state index contributed by atoms with van der Waals surface area (Å²) < 4.78 is 12.5. The van der Waals surface area contributed by atoms with E-state index < -0.39 is 35.2 Å². The Morgan fingerprint density at radius 3 is 2.38 bits per heavy atom. The Morgan fingerprint density at radius 2 is 1.66 bits per heavy atom. The van der Waals surface area contributed by atoms with Crippen molar-refractivity contribution in [1.29, 1.82) is 0 Å². The molecule has 0 unspecified atom stereocenters. The third-order valence-electron chi connectivity index (χ3n) is 4.77. The van der Waals surface area contributed by atoms with Crippen LogP contribution < -0.4 is 21.7 Å². The zero-order valence-corrected chi connectivity index (χ0v) is 18.1. The SMILES string of the molecule is Cn1c(N)c(C(=O)COC(=O)c2ccccc2OCc2ccccc2Cl)c(=O)n(C)c1=O. The van der Waals surface area contributed by atoms with Crippen LogP contribution >= 0.6 is 11.6 Å². The lowest BCUT2D eigenvalue weighted by Gasteiger charge is -2.13. The average Bonchev–Trinajstić information content (AvgIpc) is 2.79.